The Balaban J connectivity index is 2.70. The normalized spacial score (nSPS) is 21.5. The molecule has 8 heteroatoms. The van der Waals surface area contributed by atoms with Crippen molar-refractivity contribution in [3.8, 4) is 0 Å². The molecule has 1 rings (SSSR count). The molecule has 0 saturated carbocycles. The maximum atomic E-state index is 11.0. The molecule has 0 atom stereocenters. The Morgan fingerprint density at radius 3 is 1.48 bits per heavy atom. The quantitative estimate of drug-likeness (QED) is 0.666. The van der Waals surface area contributed by atoms with Crippen LogP contribution in [0.4, 0.5) is 0 Å². The second-order valence-corrected chi connectivity index (χ2v) is 6.08. The van der Waals surface area contributed by atoms with Gasteiger partial charge in [0.05, 0.1) is 13.1 Å². The summed E-state index contributed by atoms with van der Waals surface area (Å²) in [5.41, 5.74) is 0. The standard InChI is InChI=1S/C15H30N4O4/c1-3-17-6-4-16(2)5-7-18(12-14(20)21)10-11-19(9-8-17)13-15(22)23/h3-13H2,1-2H3,(H,20,21)(H,22,23). The lowest BCUT2D eigenvalue weighted by Gasteiger charge is -2.31. The van der Waals surface area contributed by atoms with Crippen LogP contribution in [-0.4, -0.2) is 121 Å². The highest BCUT2D eigenvalue weighted by Gasteiger charge is 2.17. The average Bonchev–Trinajstić information content (AvgIpc) is 2.47. The first-order chi connectivity index (χ1) is 10.9. The number of carboxylic acid groups (broad SMARTS) is 2. The van der Waals surface area contributed by atoms with E-state index in [0.29, 0.717) is 26.2 Å². The Morgan fingerprint density at radius 2 is 1.09 bits per heavy atom. The average molecular weight is 330 g/mol. The van der Waals surface area contributed by atoms with Crippen molar-refractivity contribution in [2.24, 2.45) is 0 Å². The minimum atomic E-state index is -0.846. The molecule has 1 fully saturated rings. The minimum Gasteiger partial charge on any atom is -0.480 e. The molecule has 0 radical (unpaired) electrons. The Hall–Kier alpha value is -1.22. The van der Waals surface area contributed by atoms with Crippen LogP contribution in [0.1, 0.15) is 6.92 Å². The van der Waals surface area contributed by atoms with Gasteiger partial charge in [0.2, 0.25) is 0 Å². The summed E-state index contributed by atoms with van der Waals surface area (Å²) in [5, 5.41) is 18.1. The second-order valence-electron chi connectivity index (χ2n) is 6.08. The van der Waals surface area contributed by atoms with E-state index in [1.165, 1.54) is 0 Å². The van der Waals surface area contributed by atoms with Crippen LogP contribution < -0.4 is 0 Å². The van der Waals surface area contributed by atoms with Crippen LogP contribution in [0.3, 0.4) is 0 Å². The number of carboxylic acids is 2. The Labute approximate surface area is 138 Å². The molecule has 8 nitrogen and oxygen atoms in total. The summed E-state index contributed by atoms with van der Waals surface area (Å²) in [4.78, 5) is 30.3. The summed E-state index contributed by atoms with van der Waals surface area (Å²) < 4.78 is 0. The molecular formula is C15H30N4O4. The molecular weight excluding hydrogens is 300 g/mol. The number of hydrogen-bond donors (Lipinski definition) is 2. The second kappa shape index (κ2) is 10.5. The molecule has 0 spiro atoms. The van der Waals surface area contributed by atoms with Gasteiger partial charge in [-0.15, -0.1) is 0 Å². The van der Waals surface area contributed by atoms with Crippen LogP contribution in [0.25, 0.3) is 0 Å². The molecule has 1 heterocycles. The Kier molecular flexibility index (Phi) is 9.08. The predicted molar refractivity (Wildman–Crippen MR) is 87.8 cm³/mol. The lowest BCUT2D eigenvalue weighted by atomic mass is 10.3. The summed E-state index contributed by atoms with van der Waals surface area (Å²) in [6, 6.07) is 0. The summed E-state index contributed by atoms with van der Waals surface area (Å²) in [5.74, 6) is -1.69. The molecule has 1 aliphatic rings. The molecule has 0 unspecified atom stereocenters. The monoisotopic (exact) mass is 330 g/mol. The number of rotatable bonds is 5. The summed E-state index contributed by atoms with van der Waals surface area (Å²) in [6.45, 7) is 9.05. The van der Waals surface area contributed by atoms with Gasteiger partial charge in [-0.05, 0) is 13.6 Å². The zero-order valence-corrected chi connectivity index (χ0v) is 14.3. The summed E-state index contributed by atoms with van der Waals surface area (Å²) >= 11 is 0. The summed E-state index contributed by atoms with van der Waals surface area (Å²) in [7, 11) is 2.05. The van der Waals surface area contributed by atoms with E-state index < -0.39 is 11.9 Å². The van der Waals surface area contributed by atoms with Gasteiger partial charge in [0, 0.05) is 52.4 Å². The van der Waals surface area contributed by atoms with Crippen molar-refractivity contribution in [2.45, 2.75) is 6.92 Å². The van der Waals surface area contributed by atoms with Gasteiger partial charge in [0.25, 0.3) is 0 Å². The van der Waals surface area contributed by atoms with Gasteiger partial charge in [0.15, 0.2) is 0 Å². The Bertz CT molecular complexity index is 380. The van der Waals surface area contributed by atoms with E-state index in [1.807, 2.05) is 9.80 Å². The van der Waals surface area contributed by atoms with Crippen LogP contribution in [0.5, 0.6) is 0 Å². The van der Waals surface area contributed by atoms with E-state index in [-0.39, 0.29) is 13.1 Å². The van der Waals surface area contributed by atoms with Gasteiger partial charge < -0.3 is 20.0 Å². The molecule has 23 heavy (non-hydrogen) atoms. The number of likely N-dealkylation sites (N-methyl/N-ethyl adjacent to an activating group) is 2. The number of carbonyl (C=O) groups is 2. The van der Waals surface area contributed by atoms with Gasteiger partial charge in [-0.1, -0.05) is 6.92 Å². The molecule has 0 aromatic carbocycles. The molecule has 1 aliphatic heterocycles. The van der Waals surface area contributed by atoms with Crippen molar-refractivity contribution in [3.63, 3.8) is 0 Å². The molecule has 0 bridgehead atoms. The van der Waals surface area contributed by atoms with Gasteiger partial charge in [0.1, 0.15) is 0 Å². The van der Waals surface area contributed by atoms with E-state index >= 15 is 0 Å². The van der Waals surface area contributed by atoms with Crippen molar-refractivity contribution in [1.29, 1.82) is 0 Å². The van der Waals surface area contributed by atoms with Crippen LogP contribution in [-0.2, 0) is 9.59 Å². The highest BCUT2D eigenvalue weighted by atomic mass is 16.4. The smallest absolute Gasteiger partial charge is 0.317 e. The zero-order valence-electron chi connectivity index (χ0n) is 14.3. The first kappa shape index (κ1) is 19.8. The highest BCUT2D eigenvalue weighted by molar-refractivity contribution is 5.69. The highest BCUT2D eigenvalue weighted by Crippen LogP contribution is 1.99. The third kappa shape index (κ3) is 8.85. The van der Waals surface area contributed by atoms with Crippen LogP contribution in [0, 0.1) is 0 Å². The van der Waals surface area contributed by atoms with Crippen molar-refractivity contribution >= 4 is 11.9 Å². The molecule has 0 aromatic rings. The zero-order chi connectivity index (χ0) is 17.2. The minimum absolute atomic E-state index is 0.00162. The maximum Gasteiger partial charge on any atom is 0.317 e. The number of hydrogen-bond acceptors (Lipinski definition) is 6. The molecule has 2 N–H and O–H groups in total. The lowest BCUT2D eigenvalue weighted by Crippen LogP contribution is -2.47. The van der Waals surface area contributed by atoms with Crippen LogP contribution >= 0.6 is 0 Å². The third-order valence-corrected chi connectivity index (χ3v) is 4.23. The Morgan fingerprint density at radius 1 is 0.739 bits per heavy atom. The fourth-order valence-electron chi connectivity index (χ4n) is 2.65. The largest absolute Gasteiger partial charge is 0.480 e. The fourth-order valence-corrected chi connectivity index (χ4v) is 2.65. The van der Waals surface area contributed by atoms with Gasteiger partial charge in [-0.25, -0.2) is 0 Å². The molecule has 0 aliphatic carbocycles. The number of nitrogens with zero attached hydrogens (tertiary/aromatic N) is 4. The first-order valence-electron chi connectivity index (χ1n) is 8.20. The van der Waals surface area contributed by atoms with Crippen molar-refractivity contribution in [2.75, 3.05) is 79.0 Å². The predicted octanol–water partition coefficient (Wildman–Crippen LogP) is -0.973. The van der Waals surface area contributed by atoms with E-state index in [2.05, 4.69) is 23.8 Å². The topological polar surface area (TPSA) is 87.6 Å². The molecule has 0 aromatic heterocycles. The molecule has 134 valence electrons. The molecule has 1 saturated heterocycles. The molecule has 0 amide bonds. The van der Waals surface area contributed by atoms with Crippen molar-refractivity contribution in [1.82, 2.24) is 19.6 Å². The van der Waals surface area contributed by atoms with Gasteiger partial charge >= 0.3 is 11.9 Å². The van der Waals surface area contributed by atoms with Crippen LogP contribution in [0.2, 0.25) is 0 Å². The first-order valence-corrected chi connectivity index (χ1v) is 8.20. The van der Waals surface area contributed by atoms with E-state index in [0.717, 1.165) is 32.7 Å². The number of aliphatic carboxylic acids is 2. The van der Waals surface area contributed by atoms with E-state index in [1.54, 1.807) is 0 Å². The van der Waals surface area contributed by atoms with Crippen molar-refractivity contribution in [3.05, 3.63) is 0 Å². The van der Waals surface area contributed by atoms with Gasteiger partial charge in [-0.3, -0.25) is 19.4 Å². The fraction of sp³-hybridized carbons (Fsp3) is 0.867. The van der Waals surface area contributed by atoms with Crippen molar-refractivity contribution < 1.29 is 19.8 Å². The SMILES string of the molecule is CCN1CCN(C)CCN(CC(=O)O)CCN(CC(=O)O)CC1. The third-order valence-electron chi connectivity index (χ3n) is 4.23. The van der Waals surface area contributed by atoms with E-state index in [9.17, 15) is 9.59 Å². The summed E-state index contributed by atoms with van der Waals surface area (Å²) in [6.07, 6.45) is 0. The van der Waals surface area contributed by atoms with E-state index in [4.69, 9.17) is 10.2 Å². The van der Waals surface area contributed by atoms with Crippen LogP contribution in [0.15, 0.2) is 0 Å². The lowest BCUT2D eigenvalue weighted by molar-refractivity contribution is -0.140. The maximum absolute atomic E-state index is 11.0. The van der Waals surface area contributed by atoms with Gasteiger partial charge in [-0.2, -0.15) is 0 Å².